The minimum Gasteiger partial charge on any atom is -0.356 e. The Bertz CT molecular complexity index is 709. The maximum absolute atomic E-state index is 11.9. The quantitative estimate of drug-likeness (QED) is 0.680. The van der Waals surface area contributed by atoms with Crippen molar-refractivity contribution in [2.24, 2.45) is 5.92 Å². The summed E-state index contributed by atoms with van der Waals surface area (Å²) in [5.41, 5.74) is 1.20. The monoisotopic (exact) mass is 341 g/mol. The summed E-state index contributed by atoms with van der Waals surface area (Å²) in [6.07, 6.45) is 9.26. The van der Waals surface area contributed by atoms with Gasteiger partial charge in [-0.05, 0) is 43.4 Å². The first-order chi connectivity index (χ1) is 12.2. The molecule has 2 amide bonds. The number of rotatable bonds is 9. The third-order valence-electron chi connectivity index (χ3n) is 4.12. The minimum atomic E-state index is -0.0833. The van der Waals surface area contributed by atoms with Crippen molar-refractivity contribution in [3.8, 4) is 0 Å². The van der Waals surface area contributed by atoms with Crippen molar-refractivity contribution < 1.29 is 9.59 Å². The van der Waals surface area contributed by atoms with E-state index < -0.39 is 0 Å². The Morgan fingerprint density at radius 2 is 2.00 bits per heavy atom. The molecule has 7 nitrogen and oxygen atoms in total. The molecular formula is C18H23N5O2. The topological polar surface area (TPSA) is 88.9 Å². The van der Waals surface area contributed by atoms with E-state index in [-0.39, 0.29) is 17.7 Å². The Labute approximate surface area is 146 Å². The van der Waals surface area contributed by atoms with Gasteiger partial charge in [-0.2, -0.15) is 5.10 Å². The zero-order valence-corrected chi connectivity index (χ0v) is 14.1. The van der Waals surface area contributed by atoms with Crippen LogP contribution in [0.15, 0.2) is 36.8 Å². The van der Waals surface area contributed by atoms with Crippen LogP contribution in [0.1, 0.15) is 31.2 Å². The van der Waals surface area contributed by atoms with Gasteiger partial charge in [-0.25, -0.2) is 0 Å². The summed E-state index contributed by atoms with van der Waals surface area (Å²) in [4.78, 5) is 27.4. The predicted molar refractivity (Wildman–Crippen MR) is 93.8 cm³/mol. The summed E-state index contributed by atoms with van der Waals surface area (Å²) in [5, 5.41) is 10.00. The zero-order chi connectivity index (χ0) is 17.5. The summed E-state index contributed by atoms with van der Waals surface area (Å²) >= 11 is 0. The van der Waals surface area contributed by atoms with Gasteiger partial charge in [-0.3, -0.25) is 19.3 Å². The first-order valence-electron chi connectivity index (χ1n) is 8.70. The second-order valence-electron chi connectivity index (χ2n) is 6.29. The van der Waals surface area contributed by atoms with Gasteiger partial charge in [0.2, 0.25) is 11.8 Å². The number of carbonyl (C=O) groups excluding carboxylic acids is 2. The van der Waals surface area contributed by atoms with Crippen molar-refractivity contribution in [1.82, 2.24) is 20.1 Å². The molecule has 132 valence electrons. The highest BCUT2D eigenvalue weighted by Gasteiger charge is 2.28. The van der Waals surface area contributed by atoms with Crippen molar-refractivity contribution in [1.29, 1.82) is 0 Å². The number of aryl methyl sites for hydroxylation is 2. The lowest BCUT2D eigenvalue weighted by atomic mass is 10.2. The van der Waals surface area contributed by atoms with E-state index in [1.54, 1.807) is 18.5 Å². The summed E-state index contributed by atoms with van der Waals surface area (Å²) in [6.45, 7) is 1.29. The van der Waals surface area contributed by atoms with E-state index in [4.69, 9.17) is 0 Å². The molecule has 2 aromatic rings. The predicted octanol–water partition coefficient (Wildman–Crippen LogP) is 1.77. The second kappa shape index (κ2) is 8.41. The second-order valence-corrected chi connectivity index (χ2v) is 6.29. The number of amides is 2. The molecule has 0 bridgehead atoms. The number of hydrogen-bond donors (Lipinski definition) is 2. The molecule has 7 heteroatoms. The molecular weight excluding hydrogens is 318 g/mol. The van der Waals surface area contributed by atoms with Crippen LogP contribution in [0.4, 0.5) is 5.82 Å². The SMILES string of the molecule is O=C(CCCNC(=O)C1CC1)Nc1ccn(CCc2ccncc2)n1. The standard InChI is InChI=1S/C18H23N5O2/c24-17(2-1-9-20-18(25)15-3-4-15)21-16-8-13-23(22-16)12-7-14-5-10-19-11-6-14/h5-6,8,10-11,13,15H,1-4,7,9,12H2,(H,20,25)(H,21,22,24). The number of hydrogen-bond acceptors (Lipinski definition) is 4. The Morgan fingerprint density at radius 3 is 2.76 bits per heavy atom. The van der Waals surface area contributed by atoms with E-state index in [1.807, 2.05) is 23.0 Å². The molecule has 25 heavy (non-hydrogen) atoms. The number of aromatic nitrogens is 3. The Kier molecular flexibility index (Phi) is 5.77. The van der Waals surface area contributed by atoms with Crippen LogP contribution in [0.2, 0.25) is 0 Å². The Morgan fingerprint density at radius 1 is 1.20 bits per heavy atom. The third kappa shape index (κ3) is 5.70. The van der Waals surface area contributed by atoms with E-state index in [1.165, 1.54) is 5.56 Å². The molecule has 0 aromatic carbocycles. The maximum Gasteiger partial charge on any atom is 0.225 e. The van der Waals surface area contributed by atoms with E-state index in [9.17, 15) is 9.59 Å². The number of nitrogens with one attached hydrogen (secondary N) is 2. The van der Waals surface area contributed by atoms with Gasteiger partial charge >= 0.3 is 0 Å². The van der Waals surface area contributed by atoms with Crippen LogP contribution in [0.25, 0.3) is 0 Å². The molecule has 0 radical (unpaired) electrons. The van der Waals surface area contributed by atoms with Gasteiger partial charge in [0.15, 0.2) is 5.82 Å². The van der Waals surface area contributed by atoms with Gasteiger partial charge < -0.3 is 10.6 Å². The van der Waals surface area contributed by atoms with Crippen molar-refractivity contribution in [2.45, 2.75) is 38.6 Å². The van der Waals surface area contributed by atoms with Gasteiger partial charge in [0.05, 0.1) is 0 Å². The molecule has 2 heterocycles. The molecule has 0 atom stereocenters. The van der Waals surface area contributed by atoms with Gasteiger partial charge in [0.25, 0.3) is 0 Å². The van der Waals surface area contributed by atoms with E-state index in [2.05, 4.69) is 20.7 Å². The number of pyridine rings is 1. The van der Waals surface area contributed by atoms with Crippen LogP contribution in [0.3, 0.4) is 0 Å². The normalized spacial score (nSPS) is 13.4. The van der Waals surface area contributed by atoms with Crippen LogP contribution < -0.4 is 10.6 Å². The van der Waals surface area contributed by atoms with Crippen LogP contribution in [-0.2, 0) is 22.6 Å². The maximum atomic E-state index is 11.9. The fraction of sp³-hybridized carbons (Fsp3) is 0.444. The molecule has 1 saturated carbocycles. The molecule has 1 aliphatic carbocycles. The lowest BCUT2D eigenvalue weighted by molar-refractivity contribution is -0.122. The van der Waals surface area contributed by atoms with Crippen molar-refractivity contribution >= 4 is 17.6 Å². The molecule has 0 aliphatic heterocycles. The average Bonchev–Trinajstić information content (AvgIpc) is 3.39. The summed E-state index contributed by atoms with van der Waals surface area (Å²) < 4.78 is 1.81. The van der Waals surface area contributed by atoms with Crippen molar-refractivity contribution in [3.05, 3.63) is 42.4 Å². The zero-order valence-electron chi connectivity index (χ0n) is 14.1. The highest BCUT2D eigenvalue weighted by Crippen LogP contribution is 2.28. The number of carbonyl (C=O) groups is 2. The molecule has 2 aromatic heterocycles. The summed E-state index contributed by atoms with van der Waals surface area (Å²) in [5.74, 6) is 0.806. The number of anilines is 1. The minimum absolute atomic E-state index is 0.0833. The van der Waals surface area contributed by atoms with Gasteiger partial charge in [-0.1, -0.05) is 0 Å². The largest absolute Gasteiger partial charge is 0.356 e. The molecule has 1 aliphatic rings. The molecule has 2 N–H and O–H groups in total. The molecule has 0 unspecified atom stereocenters. The first-order valence-corrected chi connectivity index (χ1v) is 8.70. The first kappa shape index (κ1) is 17.1. The van der Waals surface area contributed by atoms with Crippen molar-refractivity contribution in [2.75, 3.05) is 11.9 Å². The van der Waals surface area contributed by atoms with Crippen LogP contribution >= 0.6 is 0 Å². The summed E-state index contributed by atoms with van der Waals surface area (Å²) in [7, 11) is 0. The summed E-state index contributed by atoms with van der Waals surface area (Å²) in [6, 6.07) is 5.75. The molecule has 0 spiro atoms. The van der Waals surface area contributed by atoms with Crippen LogP contribution in [0.5, 0.6) is 0 Å². The lowest BCUT2D eigenvalue weighted by Gasteiger charge is -2.05. The Balaban J connectivity index is 1.34. The highest BCUT2D eigenvalue weighted by molar-refractivity contribution is 5.89. The van der Waals surface area contributed by atoms with E-state index >= 15 is 0 Å². The van der Waals surface area contributed by atoms with E-state index in [0.29, 0.717) is 25.2 Å². The average molecular weight is 341 g/mol. The fourth-order valence-corrected chi connectivity index (χ4v) is 2.50. The van der Waals surface area contributed by atoms with Gasteiger partial charge in [0, 0.05) is 50.1 Å². The van der Waals surface area contributed by atoms with E-state index in [0.717, 1.165) is 25.8 Å². The fourth-order valence-electron chi connectivity index (χ4n) is 2.50. The van der Waals surface area contributed by atoms with Gasteiger partial charge in [-0.15, -0.1) is 0 Å². The molecule has 3 rings (SSSR count). The lowest BCUT2D eigenvalue weighted by Crippen LogP contribution is -2.26. The molecule has 0 saturated heterocycles. The number of nitrogens with zero attached hydrogens (tertiary/aromatic N) is 3. The van der Waals surface area contributed by atoms with Gasteiger partial charge in [0.1, 0.15) is 0 Å². The Hall–Kier alpha value is -2.70. The van der Waals surface area contributed by atoms with Crippen LogP contribution in [-0.4, -0.2) is 33.1 Å². The third-order valence-corrected chi connectivity index (χ3v) is 4.12. The highest BCUT2D eigenvalue weighted by atomic mass is 16.2. The van der Waals surface area contributed by atoms with Crippen molar-refractivity contribution in [3.63, 3.8) is 0 Å². The smallest absolute Gasteiger partial charge is 0.225 e. The van der Waals surface area contributed by atoms with Crippen LogP contribution in [0, 0.1) is 5.92 Å². The molecule has 1 fully saturated rings.